The van der Waals surface area contributed by atoms with E-state index in [2.05, 4.69) is 0 Å². The molecule has 0 aromatic heterocycles. The zero-order chi connectivity index (χ0) is 13.4. The first-order valence-corrected chi connectivity index (χ1v) is 6.68. The van der Waals surface area contributed by atoms with Crippen LogP contribution >= 0.6 is 23.2 Å². The lowest BCUT2D eigenvalue weighted by Gasteiger charge is -2.09. The van der Waals surface area contributed by atoms with E-state index >= 15 is 0 Å². The van der Waals surface area contributed by atoms with Gasteiger partial charge in [0.1, 0.15) is 11.5 Å². The van der Waals surface area contributed by atoms with Crippen molar-refractivity contribution in [1.29, 1.82) is 0 Å². The molecule has 1 aliphatic carbocycles. The molecular formula is C15H10Cl2O2. The van der Waals surface area contributed by atoms with E-state index in [9.17, 15) is 4.79 Å². The normalized spacial score (nSPS) is 13.5. The van der Waals surface area contributed by atoms with Gasteiger partial charge in [-0.05, 0) is 48.4 Å². The molecule has 0 spiro atoms. The number of halogens is 2. The van der Waals surface area contributed by atoms with Gasteiger partial charge in [0.05, 0.1) is 5.02 Å². The molecule has 0 radical (unpaired) electrons. The number of fused-ring (bicyclic) bond motifs is 1. The molecule has 19 heavy (non-hydrogen) atoms. The summed E-state index contributed by atoms with van der Waals surface area (Å²) in [4.78, 5) is 11.6. The van der Waals surface area contributed by atoms with Gasteiger partial charge in [0, 0.05) is 17.0 Å². The molecule has 3 rings (SSSR count). The highest BCUT2D eigenvalue weighted by Crippen LogP contribution is 2.33. The maximum Gasteiger partial charge on any atom is 0.163 e. The van der Waals surface area contributed by atoms with Gasteiger partial charge in [-0.3, -0.25) is 4.79 Å². The monoisotopic (exact) mass is 292 g/mol. The summed E-state index contributed by atoms with van der Waals surface area (Å²) in [5, 5.41) is 1.03. The Morgan fingerprint density at radius 2 is 1.84 bits per heavy atom. The van der Waals surface area contributed by atoms with Crippen molar-refractivity contribution in [3.05, 3.63) is 57.6 Å². The maximum absolute atomic E-state index is 11.6. The number of ether oxygens (including phenoxy) is 1. The van der Waals surface area contributed by atoms with Crippen LogP contribution in [0.15, 0.2) is 36.4 Å². The Morgan fingerprint density at radius 1 is 1.00 bits per heavy atom. The minimum absolute atomic E-state index is 0.200. The smallest absolute Gasteiger partial charge is 0.163 e. The van der Waals surface area contributed by atoms with E-state index in [0.29, 0.717) is 28.0 Å². The van der Waals surface area contributed by atoms with Crippen LogP contribution in [0.4, 0.5) is 0 Å². The van der Waals surface area contributed by atoms with Crippen molar-refractivity contribution in [2.24, 2.45) is 0 Å². The molecule has 0 amide bonds. The predicted molar refractivity (Wildman–Crippen MR) is 75.6 cm³/mol. The van der Waals surface area contributed by atoms with Crippen molar-refractivity contribution in [2.75, 3.05) is 0 Å². The number of ketones is 1. The van der Waals surface area contributed by atoms with Crippen LogP contribution in [-0.2, 0) is 6.42 Å². The topological polar surface area (TPSA) is 26.3 Å². The second-order valence-corrected chi connectivity index (χ2v) is 5.26. The van der Waals surface area contributed by atoms with Gasteiger partial charge in [-0.2, -0.15) is 0 Å². The second-order valence-electron chi connectivity index (χ2n) is 4.42. The number of carbonyl (C=O) groups excluding carboxylic acids is 1. The second kappa shape index (κ2) is 4.87. The van der Waals surface area contributed by atoms with Crippen molar-refractivity contribution in [3.63, 3.8) is 0 Å². The SMILES string of the molecule is O=C1CCc2cc(Oc3ccc(Cl)cc3Cl)ccc21. The summed E-state index contributed by atoms with van der Waals surface area (Å²) in [7, 11) is 0. The lowest BCUT2D eigenvalue weighted by molar-refractivity contribution is 0.0994. The fraction of sp³-hybridized carbons (Fsp3) is 0.133. The van der Waals surface area contributed by atoms with E-state index in [1.54, 1.807) is 24.3 Å². The molecule has 0 saturated heterocycles. The number of Topliss-reactive ketones (excluding diaryl/α,β-unsaturated/α-hetero) is 1. The summed E-state index contributed by atoms with van der Waals surface area (Å²) < 4.78 is 5.72. The minimum atomic E-state index is 0.200. The highest BCUT2D eigenvalue weighted by Gasteiger charge is 2.19. The van der Waals surface area contributed by atoms with Crippen molar-refractivity contribution < 1.29 is 9.53 Å². The Hall–Kier alpha value is -1.51. The lowest BCUT2D eigenvalue weighted by Crippen LogP contribution is -1.92. The molecule has 0 fully saturated rings. The molecule has 0 saturated carbocycles. The summed E-state index contributed by atoms with van der Waals surface area (Å²) in [5.41, 5.74) is 1.84. The molecule has 0 unspecified atom stereocenters. The van der Waals surface area contributed by atoms with Crippen LogP contribution in [0.5, 0.6) is 11.5 Å². The lowest BCUT2D eigenvalue weighted by atomic mass is 10.1. The molecule has 0 heterocycles. The van der Waals surface area contributed by atoms with Crippen molar-refractivity contribution in [1.82, 2.24) is 0 Å². The third kappa shape index (κ3) is 2.46. The van der Waals surface area contributed by atoms with Gasteiger partial charge in [0.25, 0.3) is 0 Å². The predicted octanol–water partition coefficient (Wildman–Crippen LogP) is 4.91. The molecule has 0 bridgehead atoms. The third-order valence-corrected chi connectivity index (χ3v) is 3.65. The van der Waals surface area contributed by atoms with E-state index in [0.717, 1.165) is 17.5 Å². The molecule has 2 aromatic carbocycles. The standard InChI is InChI=1S/C15H10Cl2O2/c16-10-2-6-15(13(17)8-10)19-11-3-4-12-9(7-11)1-5-14(12)18/h2-4,6-8H,1,5H2. The van der Waals surface area contributed by atoms with Crippen molar-refractivity contribution >= 4 is 29.0 Å². The summed E-state index contributed by atoms with van der Waals surface area (Å²) in [6, 6.07) is 10.6. The van der Waals surface area contributed by atoms with E-state index in [1.807, 2.05) is 12.1 Å². The van der Waals surface area contributed by atoms with Crippen LogP contribution in [0.1, 0.15) is 22.3 Å². The van der Waals surface area contributed by atoms with E-state index in [1.165, 1.54) is 0 Å². The summed E-state index contributed by atoms with van der Waals surface area (Å²) in [6.07, 6.45) is 1.36. The number of hydrogen-bond acceptors (Lipinski definition) is 2. The highest BCUT2D eigenvalue weighted by atomic mass is 35.5. The third-order valence-electron chi connectivity index (χ3n) is 3.12. The van der Waals surface area contributed by atoms with Crippen molar-refractivity contribution in [3.8, 4) is 11.5 Å². The number of carbonyl (C=O) groups is 1. The van der Waals surface area contributed by atoms with Crippen LogP contribution in [0, 0.1) is 0 Å². The Morgan fingerprint density at radius 3 is 2.63 bits per heavy atom. The number of benzene rings is 2. The van der Waals surface area contributed by atoms with Crippen LogP contribution in [0.3, 0.4) is 0 Å². The number of hydrogen-bond donors (Lipinski definition) is 0. The fourth-order valence-electron chi connectivity index (χ4n) is 2.18. The number of rotatable bonds is 2. The average Bonchev–Trinajstić information content (AvgIpc) is 2.74. The van der Waals surface area contributed by atoms with Gasteiger partial charge >= 0.3 is 0 Å². The molecule has 1 aliphatic rings. The Kier molecular flexibility index (Phi) is 3.21. The van der Waals surface area contributed by atoms with Crippen LogP contribution in [0.2, 0.25) is 10.0 Å². The molecule has 2 nitrogen and oxygen atoms in total. The van der Waals surface area contributed by atoms with E-state index < -0.39 is 0 Å². The Bertz CT molecular complexity index is 665. The molecule has 2 aromatic rings. The van der Waals surface area contributed by atoms with Gasteiger partial charge in [-0.15, -0.1) is 0 Å². The molecular weight excluding hydrogens is 283 g/mol. The Labute approximate surface area is 120 Å². The van der Waals surface area contributed by atoms with Crippen LogP contribution in [0.25, 0.3) is 0 Å². The first-order chi connectivity index (χ1) is 9.13. The van der Waals surface area contributed by atoms with Gasteiger partial charge < -0.3 is 4.74 Å². The van der Waals surface area contributed by atoms with Gasteiger partial charge in [0.15, 0.2) is 5.78 Å². The first-order valence-electron chi connectivity index (χ1n) is 5.92. The largest absolute Gasteiger partial charge is 0.456 e. The first kappa shape index (κ1) is 12.5. The van der Waals surface area contributed by atoms with Gasteiger partial charge in [-0.25, -0.2) is 0 Å². The molecule has 96 valence electrons. The summed E-state index contributed by atoms with van der Waals surface area (Å²) in [5.74, 6) is 1.43. The average molecular weight is 293 g/mol. The highest BCUT2D eigenvalue weighted by molar-refractivity contribution is 6.35. The van der Waals surface area contributed by atoms with E-state index in [-0.39, 0.29) is 5.78 Å². The van der Waals surface area contributed by atoms with E-state index in [4.69, 9.17) is 27.9 Å². The summed E-state index contributed by atoms with van der Waals surface area (Å²) in [6.45, 7) is 0. The Balaban J connectivity index is 1.90. The van der Waals surface area contributed by atoms with Gasteiger partial charge in [-0.1, -0.05) is 23.2 Å². The molecule has 4 heteroatoms. The van der Waals surface area contributed by atoms with Gasteiger partial charge in [0.2, 0.25) is 0 Å². The minimum Gasteiger partial charge on any atom is -0.456 e. The zero-order valence-corrected chi connectivity index (χ0v) is 11.5. The fourth-order valence-corrected chi connectivity index (χ4v) is 2.63. The van der Waals surface area contributed by atoms with Crippen LogP contribution in [-0.4, -0.2) is 5.78 Å². The van der Waals surface area contributed by atoms with Crippen LogP contribution < -0.4 is 4.74 Å². The summed E-state index contributed by atoms with van der Waals surface area (Å²) >= 11 is 11.9. The molecule has 0 aliphatic heterocycles. The van der Waals surface area contributed by atoms with Crippen molar-refractivity contribution in [2.45, 2.75) is 12.8 Å². The number of aryl methyl sites for hydroxylation is 1. The molecule has 0 atom stereocenters. The molecule has 0 N–H and O–H groups in total. The quantitative estimate of drug-likeness (QED) is 0.786. The zero-order valence-electron chi connectivity index (χ0n) is 9.95. The maximum atomic E-state index is 11.6.